The molecule has 1 heteroatoms. The Labute approximate surface area is 118 Å². The van der Waals surface area contributed by atoms with Crippen molar-refractivity contribution in [2.45, 2.75) is 65.2 Å². The molecule has 0 aliphatic carbocycles. The molecular weight excluding hydrogens is 230 g/mol. The van der Waals surface area contributed by atoms with E-state index in [1.165, 1.54) is 61.9 Å². The monoisotopic (exact) mass is 257 g/mol. The van der Waals surface area contributed by atoms with Gasteiger partial charge in [0.1, 0.15) is 0 Å². The molecule has 0 radical (unpaired) electrons. The normalized spacial score (nSPS) is 13.7. The van der Waals surface area contributed by atoms with Crippen molar-refractivity contribution in [1.82, 2.24) is 0 Å². The number of para-hydroxylation sites is 1. The van der Waals surface area contributed by atoms with Gasteiger partial charge in [0.2, 0.25) is 0 Å². The summed E-state index contributed by atoms with van der Waals surface area (Å²) in [4.78, 5) is 4.82. The summed E-state index contributed by atoms with van der Waals surface area (Å²) in [5.74, 6) is 0.855. The van der Waals surface area contributed by atoms with Gasteiger partial charge in [-0.25, -0.2) is 0 Å². The lowest BCUT2D eigenvalue weighted by Gasteiger charge is -2.16. The van der Waals surface area contributed by atoms with E-state index in [2.05, 4.69) is 38.1 Å². The summed E-state index contributed by atoms with van der Waals surface area (Å²) in [7, 11) is 0. The first kappa shape index (κ1) is 14.3. The van der Waals surface area contributed by atoms with Crippen molar-refractivity contribution in [3.63, 3.8) is 0 Å². The Morgan fingerprint density at radius 3 is 2.37 bits per heavy atom. The molecule has 0 aromatic heterocycles. The van der Waals surface area contributed by atoms with Crippen molar-refractivity contribution in [3.05, 3.63) is 29.8 Å². The van der Waals surface area contributed by atoms with Gasteiger partial charge in [0.05, 0.1) is 5.69 Å². The van der Waals surface area contributed by atoms with Gasteiger partial charge < -0.3 is 0 Å². The maximum Gasteiger partial charge on any atom is 0.0664 e. The molecule has 0 fully saturated rings. The van der Waals surface area contributed by atoms with Crippen molar-refractivity contribution in [2.75, 3.05) is 0 Å². The van der Waals surface area contributed by atoms with E-state index in [9.17, 15) is 0 Å². The van der Waals surface area contributed by atoms with Crippen molar-refractivity contribution in [2.24, 2.45) is 10.9 Å². The lowest BCUT2D eigenvalue weighted by atomic mass is 9.90. The van der Waals surface area contributed by atoms with Crippen molar-refractivity contribution >= 4 is 11.4 Å². The van der Waals surface area contributed by atoms with Gasteiger partial charge in [-0.05, 0) is 24.0 Å². The summed E-state index contributed by atoms with van der Waals surface area (Å²) < 4.78 is 0. The van der Waals surface area contributed by atoms with Gasteiger partial charge in [-0.3, -0.25) is 4.99 Å². The Bertz CT molecular complexity index is 411. The number of rotatable bonds is 8. The molecule has 0 atom stereocenters. The highest BCUT2D eigenvalue weighted by molar-refractivity contribution is 5.94. The van der Waals surface area contributed by atoms with Crippen LogP contribution in [0.3, 0.4) is 0 Å². The molecular formula is C18H27N. The molecule has 1 aliphatic heterocycles. The topological polar surface area (TPSA) is 12.4 Å². The lowest BCUT2D eigenvalue weighted by Crippen LogP contribution is -2.09. The predicted octanol–water partition coefficient (Wildman–Crippen LogP) is 5.70. The molecule has 1 aromatic carbocycles. The van der Waals surface area contributed by atoms with Crippen molar-refractivity contribution in [3.8, 4) is 0 Å². The molecule has 1 nitrogen and oxygen atoms in total. The molecule has 1 aliphatic rings. The van der Waals surface area contributed by atoms with Crippen molar-refractivity contribution < 1.29 is 0 Å². The van der Waals surface area contributed by atoms with Crippen molar-refractivity contribution in [1.29, 1.82) is 0 Å². The van der Waals surface area contributed by atoms with E-state index < -0.39 is 0 Å². The summed E-state index contributed by atoms with van der Waals surface area (Å²) in [6, 6.07) is 8.59. The molecule has 0 spiro atoms. The number of benzene rings is 1. The predicted molar refractivity (Wildman–Crippen MR) is 84.4 cm³/mol. The van der Waals surface area contributed by atoms with Gasteiger partial charge >= 0.3 is 0 Å². The van der Waals surface area contributed by atoms with Gasteiger partial charge in [0.15, 0.2) is 0 Å². The van der Waals surface area contributed by atoms with E-state index in [0.29, 0.717) is 0 Å². The summed E-state index contributed by atoms with van der Waals surface area (Å²) in [5, 5.41) is 0. The third-order valence-corrected chi connectivity index (χ3v) is 4.12. The first-order valence-corrected chi connectivity index (χ1v) is 7.97. The number of nitrogens with zero attached hydrogens (tertiary/aromatic N) is 1. The zero-order valence-electron chi connectivity index (χ0n) is 12.5. The van der Waals surface area contributed by atoms with Crippen LogP contribution in [0.5, 0.6) is 0 Å². The van der Waals surface area contributed by atoms with E-state index in [0.717, 1.165) is 12.3 Å². The van der Waals surface area contributed by atoms with Crippen LogP contribution in [0.1, 0.15) is 64.4 Å². The Morgan fingerprint density at radius 2 is 1.74 bits per heavy atom. The highest BCUT2D eigenvalue weighted by atomic mass is 14.8. The molecule has 0 saturated heterocycles. The maximum absolute atomic E-state index is 4.82. The molecule has 0 saturated carbocycles. The summed E-state index contributed by atoms with van der Waals surface area (Å²) in [5.41, 5.74) is 4.04. The fraction of sp³-hybridized carbons (Fsp3) is 0.611. The molecule has 2 rings (SSSR count). The zero-order valence-corrected chi connectivity index (χ0v) is 12.5. The second kappa shape index (κ2) is 7.47. The Morgan fingerprint density at radius 1 is 1.05 bits per heavy atom. The first-order valence-electron chi connectivity index (χ1n) is 7.97. The standard InChI is InChI=1S/C18H27N/c1-3-5-9-15(10-6-4-2)13-17-14-16-11-7-8-12-18(16)19-17/h7-8,11-12,15H,3-6,9-10,13-14H2,1-2H3. The smallest absolute Gasteiger partial charge is 0.0664 e. The van der Waals surface area contributed by atoms with Gasteiger partial charge in [-0.15, -0.1) is 0 Å². The molecule has 1 aromatic rings. The van der Waals surface area contributed by atoms with Gasteiger partial charge in [-0.1, -0.05) is 70.6 Å². The number of fused-ring (bicyclic) bond motifs is 1. The quantitative estimate of drug-likeness (QED) is 0.566. The van der Waals surface area contributed by atoms with Crippen LogP contribution in [0.2, 0.25) is 0 Å². The SMILES string of the molecule is CCCCC(CCCC)CC1=Nc2ccccc2C1. The fourth-order valence-corrected chi connectivity index (χ4v) is 2.98. The van der Waals surface area contributed by atoms with Gasteiger partial charge in [0, 0.05) is 12.1 Å². The number of hydrogen-bond acceptors (Lipinski definition) is 1. The first-order chi connectivity index (χ1) is 9.33. The average molecular weight is 257 g/mol. The highest BCUT2D eigenvalue weighted by Crippen LogP contribution is 2.30. The zero-order chi connectivity index (χ0) is 13.5. The molecule has 1 heterocycles. The van der Waals surface area contributed by atoms with Crippen LogP contribution in [-0.2, 0) is 6.42 Å². The van der Waals surface area contributed by atoms with E-state index in [1.54, 1.807) is 0 Å². The lowest BCUT2D eigenvalue weighted by molar-refractivity contribution is 0.431. The third-order valence-electron chi connectivity index (χ3n) is 4.12. The molecule has 0 bridgehead atoms. The molecule has 104 valence electrons. The van der Waals surface area contributed by atoms with E-state index >= 15 is 0 Å². The molecule has 0 unspecified atom stereocenters. The van der Waals surface area contributed by atoms with E-state index in [-0.39, 0.29) is 0 Å². The summed E-state index contributed by atoms with van der Waals surface area (Å²) in [6.45, 7) is 4.58. The van der Waals surface area contributed by atoms with E-state index in [1.807, 2.05) is 0 Å². The molecule has 0 amide bonds. The van der Waals surface area contributed by atoms with Crippen LogP contribution < -0.4 is 0 Å². The minimum Gasteiger partial charge on any atom is -0.257 e. The Kier molecular flexibility index (Phi) is 5.62. The fourth-order valence-electron chi connectivity index (χ4n) is 2.98. The van der Waals surface area contributed by atoms with Crippen LogP contribution >= 0.6 is 0 Å². The Hall–Kier alpha value is -1.11. The second-order valence-electron chi connectivity index (χ2n) is 5.84. The average Bonchev–Trinajstić information content (AvgIpc) is 2.84. The van der Waals surface area contributed by atoms with Gasteiger partial charge in [0.25, 0.3) is 0 Å². The second-order valence-corrected chi connectivity index (χ2v) is 5.84. The van der Waals surface area contributed by atoms with Crippen LogP contribution in [0.25, 0.3) is 0 Å². The highest BCUT2D eigenvalue weighted by Gasteiger charge is 2.17. The number of hydrogen-bond donors (Lipinski definition) is 0. The number of unbranched alkanes of at least 4 members (excludes halogenated alkanes) is 2. The maximum atomic E-state index is 4.82. The molecule has 0 N–H and O–H groups in total. The molecule has 19 heavy (non-hydrogen) atoms. The van der Waals surface area contributed by atoms with Crippen LogP contribution in [0.15, 0.2) is 29.3 Å². The van der Waals surface area contributed by atoms with Crippen LogP contribution in [0.4, 0.5) is 5.69 Å². The summed E-state index contributed by atoms with van der Waals surface area (Å²) >= 11 is 0. The van der Waals surface area contributed by atoms with Crippen LogP contribution in [-0.4, -0.2) is 5.71 Å². The van der Waals surface area contributed by atoms with Gasteiger partial charge in [-0.2, -0.15) is 0 Å². The third kappa shape index (κ3) is 4.19. The largest absolute Gasteiger partial charge is 0.257 e. The number of aliphatic imine (C=N–C) groups is 1. The minimum atomic E-state index is 0.855. The minimum absolute atomic E-state index is 0.855. The van der Waals surface area contributed by atoms with E-state index in [4.69, 9.17) is 4.99 Å². The summed E-state index contributed by atoms with van der Waals surface area (Å²) in [6.07, 6.45) is 10.4. The Balaban J connectivity index is 1.91. The van der Waals surface area contributed by atoms with Crippen LogP contribution in [0, 0.1) is 5.92 Å².